The normalized spacial score (nSPS) is 15.4. The van der Waals surface area contributed by atoms with Gasteiger partial charge in [-0.3, -0.25) is 4.90 Å². The number of hydrogen-bond donors (Lipinski definition) is 0. The van der Waals surface area contributed by atoms with Crippen molar-refractivity contribution in [1.82, 2.24) is 4.90 Å². The monoisotopic (exact) mass is 569 g/mol. The van der Waals surface area contributed by atoms with Gasteiger partial charge in [-0.25, -0.2) is 9.18 Å². The van der Waals surface area contributed by atoms with E-state index in [4.69, 9.17) is 32.7 Å². The second kappa shape index (κ2) is 13.9. The van der Waals surface area contributed by atoms with Crippen molar-refractivity contribution in [2.45, 2.75) is 52.0 Å². The third-order valence-electron chi connectivity index (χ3n) is 6.95. The Bertz CT molecular complexity index is 1290. The Kier molecular flexibility index (Phi) is 10.3. The number of carbonyl (C=O) groups is 1. The van der Waals surface area contributed by atoms with E-state index in [0.29, 0.717) is 36.2 Å². The van der Waals surface area contributed by atoms with Crippen molar-refractivity contribution in [3.8, 4) is 11.5 Å². The molecule has 206 valence electrons. The fourth-order valence-electron chi connectivity index (χ4n) is 4.99. The van der Waals surface area contributed by atoms with Gasteiger partial charge >= 0.3 is 6.09 Å². The Hall–Kier alpha value is -3.02. The molecule has 39 heavy (non-hydrogen) atoms. The van der Waals surface area contributed by atoms with E-state index in [1.54, 1.807) is 4.90 Å². The number of rotatable bonds is 10. The first kappa shape index (κ1) is 29.0. The molecule has 3 aromatic carbocycles. The van der Waals surface area contributed by atoms with E-state index in [-0.39, 0.29) is 11.9 Å². The highest BCUT2D eigenvalue weighted by molar-refractivity contribution is 6.30. The zero-order valence-electron chi connectivity index (χ0n) is 22.4. The summed E-state index contributed by atoms with van der Waals surface area (Å²) < 4.78 is 25.0. The molecular weight excluding hydrogens is 536 g/mol. The van der Waals surface area contributed by atoms with Crippen LogP contribution in [-0.2, 0) is 0 Å². The van der Waals surface area contributed by atoms with Crippen molar-refractivity contribution < 1.29 is 18.7 Å². The third kappa shape index (κ3) is 7.34. The van der Waals surface area contributed by atoms with Crippen LogP contribution in [-0.4, -0.2) is 30.0 Å². The lowest BCUT2D eigenvalue weighted by molar-refractivity contribution is 0.136. The lowest BCUT2D eigenvalue weighted by atomic mass is 9.81. The van der Waals surface area contributed by atoms with Crippen molar-refractivity contribution in [3.63, 3.8) is 0 Å². The number of ether oxygens (including phenoxy) is 2. The number of amides is 1. The number of hydrogen-bond acceptors (Lipinski definition) is 3. The molecule has 1 amide bonds. The molecule has 0 fully saturated rings. The summed E-state index contributed by atoms with van der Waals surface area (Å²) in [6.45, 7) is 5.27. The molecule has 1 aliphatic heterocycles. The zero-order valence-corrected chi connectivity index (χ0v) is 23.9. The van der Waals surface area contributed by atoms with Crippen LogP contribution in [0.1, 0.15) is 61.8 Å². The van der Waals surface area contributed by atoms with E-state index in [1.807, 2.05) is 42.5 Å². The average molecular weight is 571 g/mol. The number of unbranched alkanes of at least 4 members (excludes halogenated alkanes) is 1. The quantitative estimate of drug-likeness (QED) is 0.180. The Morgan fingerprint density at radius 2 is 1.74 bits per heavy atom. The Morgan fingerprint density at radius 3 is 2.44 bits per heavy atom. The molecule has 1 unspecified atom stereocenters. The minimum atomic E-state index is -0.468. The topological polar surface area (TPSA) is 38.8 Å². The Morgan fingerprint density at radius 1 is 1.03 bits per heavy atom. The number of halogens is 3. The second-order valence-electron chi connectivity index (χ2n) is 9.69. The molecule has 0 bridgehead atoms. The van der Waals surface area contributed by atoms with Crippen molar-refractivity contribution in [2.24, 2.45) is 0 Å². The van der Waals surface area contributed by atoms with Gasteiger partial charge in [0.1, 0.15) is 17.3 Å². The average Bonchev–Trinajstić information content (AvgIpc) is 2.94. The van der Waals surface area contributed by atoms with Crippen LogP contribution in [0.5, 0.6) is 11.5 Å². The molecule has 1 aliphatic rings. The van der Waals surface area contributed by atoms with Crippen molar-refractivity contribution in [3.05, 3.63) is 99.8 Å². The minimum Gasteiger partial charge on any atom is -0.494 e. The molecule has 1 atom stereocenters. The van der Waals surface area contributed by atoms with Gasteiger partial charge in [-0.15, -0.1) is 11.6 Å². The summed E-state index contributed by atoms with van der Waals surface area (Å²) >= 11 is 12.2. The van der Waals surface area contributed by atoms with Gasteiger partial charge in [0, 0.05) is 17.4 Å². The fraction of sp³-hybridized carbons (Fsp3) is 0.344. The van der Waals surface area contributed by atoms with E-state index < -0.39 is 6.09 Å². The molecule has 3 aromatic rings. The van der Waals surface area contributed by atoms with E-state index in [0.717, 1.165) is 48.1 Å². The van der Waals surface area contributed by atoms with Gasteiger partial charge < -0.3 is 9.47 Å². The van der Waals surface area contributed by atoms with Crippen LogP contribution in [0.4, 0.5) is 9.18 Å². The number of carbonyl (C=O) groups excluding carboxylic acids is 1. The van der Waals surface area contributed by atoms with Gasteiger partial charge in [-0.05, 0) is 109 Å². The van der Waals surface area contributed by atoms with Crippen molar-refractivity contribution in [2.75, 3.05) is 19.0 Å². The summed E-state index contributed by atoms with van der Waals surface area (Å²) in [7, 11) is 0. The zero-order chi connectivity index (χ0) is 27.8. The van der Waals surface area contributed by atoms with Crippen LogP contribution in [0.3, 0.4) is 0 Å². The van der Waals surface area contributed by atoms with Gasteiger partial charge in [0.25, 0.3) is 0 Å². The first-order chi connectivity index (χ1) is 18.9. The summed E-state index contributed by atoms with van der Waals surface area (Å²) in [4.78, 5) is 15.4. The van der Waals surface area contributed by atoms with Crippen LogP contribution >= 0.6 is 23.2 Å². The molecule has 0 saturated carbocycles. The summed E-state index contributed by atoms with van der Waals surface area (Å²) in [6, 6.07) is 19.0. The third-order valence-corrected chi connectivity index (χ3v) is 7.45. The first-order valence-corrected chi connectivity index (χ1v) is 14.3. The molecule has 1 heterocycles. The molecule has 7 heteroatoms. The van der Waals surface area contributed by atoms with E-state index in [1.165, 1.54) is 35.4 Å². The summed E-state index contributed by atoms with van der Waals surface area (Å²) in [5, 5.41) is 0.686. The highest BCUT2D eigenvalue weighted by Gasteiger charge is 2.35. The predicted octanol–water partition coefficient (Wildman–Crippen LogP) is 9.39. The lowest BCUT2D eigenvalue weighted by Crippen LogP contribution is -2.41. The molecule has 4 rings (SSSR count). The summed E-state index contributed by atoms with van der Waals surface area (Å²) in [6.07, 6.45) is 3.80. The minimum absolute atomic E-state index is 0.304. The Balaban J connectivity index is 1.77. The van der Waals surface area contributed by atoms with E-state index in [9.17, 15) is 9.18 Å². The van der Waals surface area contributed by atoms with Gasteiger partial charge in [-0.1, -0.05) is 43.1 Å². The maximum absolute atomic E-state index is 13.6. The maximum atomic E-state index is 13.6. The number of benzene rings is 3. The highest BCUT2D eigenvalue weighted by Crippen LogP contribution is 2.44. The molecule has 4 nitrogen and oxygen atoms in total. The molecule has 0 radical (unpaired) electrons. The van der Waals surface area contributed by atoms with Gasteiger partial charge in [0.15, 0.2) is 0 Å². The van der Waals surface area contributed by atoms with Crippen molar-refractivity contribution in [1.29, 1.82) is 0 Å². The Labute approximate surface area is 240 Å². The smallest absolute Gasteiger partial charge is 0.416 e. The largest absolute Gasteiger partial charge is 0.494 e. The van der Waals surface area contributed by atoms with Crippen LogP contribution < -0.4 is 9.47 Å². The standard InChI is InChI=1S/C32H34Cl2FNO3/c1-3-4-6-29-28(30-21-24(34)10-7-22(30)2)17-19-36(32(37)39-27-15-11-25(35)12-16-27)31(29)23-8-13-26(14-9-23)38-20-5-18-33/h7-16,21,31H,3-6,17-20H2,1-2H3. The summed E-state index contributed by atoms with van der Waals surface area (Å²) in [5.41, 5.74) is 5.64. The van der Waals surface area contributed by atoms with Crippen LogP contribution in [0.15, 0.2) is 72.3 Å². The van der Waals surface area contributed by atoms with E-state index in [2.05, 4.69) is 13.8 Å². The molecule has 0 aromatic heterocycles. The highest BCUT2D eigenvalue weighted by atomic mass is 35.5. The number of aryl methyl sites for hydroxylation is 1. The van der Waals surface area contributed by atoms with Crippen LogP contribution in [0, 0.1) is 12.7 Å². The molecular formula is C32H34Cl2FNO3. The molecule has 0 aliphatic carbocycles. The second-order valence-corrected chi connectivity index (χ2v) is 10.5. The SMILES string of the molecule is CCCCC1=C(c2cc(Cl)ccc2C)CCN(C(=O)Oc2ccc(F)cc2)C1c1ccc(OCCCCl)cc1. The predicted molar refractivity (Wildman–Crippen MR) is 156 cm³/mol. The van der Waals surface area contributed by atoms with E-state index >= 15 is 0 Å². The van der Waals surface area contributed by atoms with Crippen LogP contribution in [0.25, 0.3) is 5.57 Å². The first-order valence-electron chi connectivity index (χ1n) is 13.4. The van der Waals surface area contributed by atoms with Crippen molar-refractivity contribution >= 4 is 34.9 Å². The molecule has 0 saturated heterocycles. The lowest BCUT2D eigenvalue weighted by Gasteiger charge is -2.39. The maximum Gasteiger partial charge on any atom is 0.416 e. The molecule has 0 N–H and O–H groups in total. The number of alkyl halides is 1. The summed E-state index contributed by atoms with van der Waals surface area (Å²) in [5.74, 6) is 1.22. The van der Waals surface area contributed by atoms with Gasteiger partial charge in [-0.2, -0.15) is 0 Å². The fourth-order valence-corrected chi connectivity index (χ4v) is 5.27. The number of nitrogens with zero attached hydrogens (tertiary/aromatic N) is 1. The molecule has 0 spiro atoms. The van der Waals surface area contributed by atoms with Crippen LogP contribution in [0.2, 0.25) is 5.02 Å². The van der Waals surface area contributed by atoms with Gasteiger partial charge in [0.05, 0.1) is 12.6 Å². The van der Waals surface area contributed by atoms with Gasteiger partial charge in [0.2, 0.25) is 0 Å².